The zero-order valence-corrected chi connectivity index (χ0v) is 11.8. The maximum Gasteiger partial charge on any atom is 0.194 e. The van der Waals surface area contributed by atoms with Gasteiger partial charge in [-0.3, -0.25) is 4.79 Å². The highest BCUT2D eigenvalue weighted by molar-refractivity contribution is 5.97. The maximum absolute atomic E-state index is 13.1. The molecule has 0 N–H and O–H groups in total. The molecule has 0 fully saturated rings. The molecule has 0 aromatic heterocycles. The predicted octanol–water partition coefficient (Wildman–Crippen LogP) is 4.54. The van der Waals surface area contributed by atoms with Gasteiger partial charge in [0.05, 0.1) is 0 Å². The molecule has 0 heterocycles. The van der Waals surface area contributed by atoms with E-state index in [-0.39, 0.29) is 24.2 Å². The Morgan fingerprint density at radius 3 is 2.29 bits per heavy atom. The second-order valence-electron chi connectivity index (χ2n) is 5.04. The van der Waals surface area contributed by atoms with Crippen LogP contribution in [-0.4, -0.2) is 5.78 Å². The first-order valence-electron chi connectivity index (χ1n) is 6.63. The molecule has 2 aromatic rings. The normalized spacial score (nSPS) is 10.7. The van der Waals surface area contributed by atoms with Gasteiger partial charge >= 0.3 is 0 Å². The molecule has 1 nitrogen and oxygen atoms in total. The zero-order chi connectivity index (χ0) is 15.6. The zero-order valence-electron chi connectivity index (χ0n) is 11.8. The number of hydrogen-bond donors (Lipinski definition) is 0. The first-order valence-corrected chi connectivity index (χ1v) is 6.63. The minimum absolute atomic E-state index is 0.0960. The smallest absolute Gasteiger partial charge is 0.194 e. The van der Waals surface area contributed by atoms with E-state index >= 15 is 0 Å². The SMILES string of the molecule is Cc1cccc(C(=O)CCc2cc(F)c(F)c(F)c2)c1C. The lowest BCUT2D eigenvalue weighted by Gasteiger charge is -2.08. The standard InChI is InChI=1S/C17H15F3O/c1-10-4-3-5-13(11(10)2)16(21)7-6-12-8-14(18)17(20)15(19)9-12/h3-5,8-9H,6-7H2,1-2H3. The van der Waals surface area contributed by atoms with Gasteiger partial charge in [-0.15, -0.1) is 0 Å². The summed E-state index contributed by atoms with van der Waals surface area (Å²) in [7, 11) is 0. The fourth-order valence-corrected chi connectivity index (χ4v) is 2.20. The third-order valence-corrected chi connectivity index (χ3v) is 3.59. The molecule has 0 aliphatic heterocycles. The van der Waals surface area contributed by atoms with Crippen molar-refractivity contribution in [3.8, 4) is 0 Å². The van der Waals surface area contributed by atoms with Crippen molar-refractivity contribution in [3.05, 3.63) is 70.0 Å². The summed E-state index contributed by atoms with van der Waals surface area (Å²) >= 11 is 0. The van der Waals surface area contributed by atoms with Gasteiger partial charge in [0.15, 0.2) is 23.2 Å². The van der Waals surface area contributed by atoms with E-state index in [0.29, 0.717) is 5.56 Å². The first kappa shape index (κ1) is 15.3. The Balaban J connectivity index is 2.13. The number of hydrogen-bond acceptors (Lipinski definition) is 1. The van der Waals surface area contributed by atoms with E-state index in [4.69, 9.17) is 0 Å². The van der Waals surface area contributed by atoms with Crippen LogP contribution < -0.4 is 0 Å². The molecule has 0 saturated carbocycles. The third-order valence-electron chi connectivity index (χ3n) is 3.59. The summed E-state index contributed by atoms with van der Waals surface area (Å²) in [6, 6.07) is 7.30. The highest BCUT2D eigenvalue weighted by atomic mass is 19.2. The number of halogens is 3. The summed E-state index contributed by atoms with van der Waals surface area (Å²) in [6.07, 6.45) is 0.287. The molecule has 110 valence electrons. The van der Waals surface area contributed by atoms with Gasteiger partial charge in [-0.2, -0.15) is 0 Å². The van der Waals surface area contributed by atoms with Crippen LogP contribution in [0.5, 0.6) is 0 Å². The van der Waals surface area contributed by atoms with Gasteiger partial charge in [0.2, 0.25) is 0 Å². The average Bonchev–Trinajstić information content (AvgIpc) is 2.45. The molecule has 0 saturated heterocycles. The topological polar surface area (TPSA) is 17.1 Å². The fourth-order valence-electron chi connectivity index (χ4n) is 2.20. The Labute approximate surface area is 121 Å². The summed E-state index contributed by atoms with van der Waals surface area (Å²) in [6.45, 7) is 3.77. The van der Waals surface area contributed by atoms with Crippen molar-refractivity contribution in [1.29, 1.82) is 0 Å². The van der Waals surface area contributed by atoms with Crippen molar-refractivity contribution in [1.82, 2.24) is 0 Å². The van der Waals surface area contributed by atoms with E-state index in [2.05, 4.69) is 0 Å². The molecule has 21 heavy (non-hydrogen) atoms. The monoisotopic (exact) mass is 292 g/mol. The molecule has 0 amide bonds. The van der Waals surface area contributed by atoms with Crippen LogP contribution in [0.1, 0.15) is 33.5 Å². The molecule has 0 unspecified atom stereocenters. The van der Waals surface area contributed by atoms with Crippen LogP contribution in [-0.2, 0) is 6.42 Å². The Hall–Kier alpha value is -2.10. The highest BCUT2D eigenvalue weighted by Crippen LogP contribution is 2.18. The van der Waals surface area contributed by atoms with Crippen molar-refractivity contribution in [2.45, 2.75) is 26.7 Å². The Bertz CT molecular complexity index is 669. The summed E-state index contributed by atoms with van der Waals surface area (Å²) in [5.41, 5.74) is 2.79. The van der Waals surface area contributed by atoms with Gasteiger partial charge in [0.1, 0.15) is 0 Å². The van der Waals surface area contributed by atoms with Crippen LogP contribution in [0.15, 0.2) is 30.3 Å². The summed E-state index contributed by atoms with van der Waals surface area (Å²) < 4.78 is 39.1. The van der Waals surface area contributed by atoms with Gasteiger partial charge in [0.25, 0.3) is 0 Å². The average molecular weight is 292 g/mol. The quantitative estimate of drug-likeness (QED) is 0.597. The summed E-state index contributed by atoms with van der Waals surface area (Å²) in [5.74, 6) is -4.05. The van der Waals surface area contributed by atoms with Crippen molar-refractivity contribution in [2.75, 3.05) is 0 Å². The van der Waals surface area contributed by atoms with E-state index in [9.17, 15) is 18.0 Å². The summed E-state index contributed by atoms with van der Waals surface area (Å²) in [4.78, 5) is 12.2. The number of Topliss-reactive ketones (excluding diaryl/α,β-unsaturated/α-hetero) is 1. The van der Waals surface area contributed by atoms with Gasteiger partial charge in [-0.1, -0.05) is 18.2 Å². The molecule has 2 rings (SSSR count). The highest BCUT2D eigenvalue weighted by Gasteiger charge is 2.13. The van der Waals surface area contributed by atoms with Crippen LogP contribution >= 0.6 is 0 Å². The van der Waals surface area contributed by atoms with E-state index in [1.807, 2.05) is 19.9 Å². The molecular formula is C17H15F3O. The Kier molecular flexibility index (Phi) is 4.46. The minimum Gasteiger partial charge on any atom is -0.294 e. The van der Waals surface area contributed by atoms with Gasteiger partial charge in [-0.05, 0) is 49.1 Å². The van der Waals surface area contributed by atoms with Crippen molar-refractivity contribution in [2.24, 2.45) is 0 Å². The molecule has 4 heteroatoms. The van der Waals surface area contributed by atoms with Gasteiger partial charge in [0, 0.05) is 12.0 Å². The lowest BCUT2D eigenvalue weighted by Crippen LogP contribution is -2.05. The van der Waals surface area contributed by atoms with Crippen molar-refractivity contribution < 1.29 is 18.0 Å². The fraction of sp³-hybridized carbons (Fsp3) is 0.235. The number of aryl methyl sites for hydroxylation is 2. The minimum atomic E-state index is -1.49. The number of benzene rings is 2. The second-order valence-corrected chi connectivity index (χ2v) is 5.04. The largest absolute Gasteiger partial charge is 0.294 e. The summed E-state index contributed by atoms with van der Waals surface area (Å²) in [5, 5.41) is 0. The van der Waals surface area contributed by atoms with Crippen LogP contribution in [0.4, 0.5) is 13.2 Å². The third kappa shape index (κ3) is 3.32. The molecule has 2 aromatic carbocycles. The number of carbonyl (C=O) groups is 1. The first-order chi connectivity index (χ1) is 9.90. The second kappa shape index (κ2) is 6.12. The lowest BCUT2D eigenvalue weighted by atomic mass is 9.96. The molecule has 0 aliphatic carbocycles. The lowest BCUT2D eigenvalue weighted by molar-refractivity contribution is 0.0982. The van der Waals surface area contributed by atoms with Crippen molar-refractivity contribution in [3.63, 3.8) is 0 Å². The van der Waals surface area contributed by atoms with Crippen LogP contribution in [0, 0.1) is 31.3 Å². The maximum atomic E-state index is 13.1. The van der Waals surface area contributed by atoms with Crippen LogP contribution in [0.3, 0.4) is 0 Å². The molecular weight excluding hydrogens is 277 g/mol. The van der Waals surface area contributed by atoms with Crippen molar-refractivity contribution >= 4 is 5.78 Å². The molecule has 0 radical (unpaired) electrons. The molecule has 0 atom stereocenters. The van der Waals surface area contributed by atoms with E-state index in [0.717, 1.165) is 23.3 Å². The van der Waals surface area contributed by atoms with E-state index < -0.39 is 17.5 Å². The van der Waals surface area contributed by atoms with Crippen LogP contribution in [0.2, 0.25) is 0 Å². The van der Waals surface area contributed by atoms with E-state index in [1.165, 1.54) is 0 Å². The van der Waals surface area contributed by atoms with E-state index in [1.54, 1.807) is 12.1 Å². The number of rotatable bonds is 4. The van der Waals surface area contributed by atoms with Gasteiger partial charge < -0.3 is 0 Å². The number of ketones is 1. The molecule has 0 spiro atoms. The molecule has 0 aliphatic rings. The van der Waals surface area contributed by atoms with Crippen LogP contribution in [0.25, 0.3) is 0 Å². The van der Waals surface area contributed by atoms with Gasteiger partial charge in [-0.25, -0.2) is 13.2 Å². The number of carbonyl (C=O) groups excluding carboxylic acids is 1. The Morgan fingerprint density at radius 2 is 1.67 bits per heavy atom. The molecule has 0 bridgehead atoms. The predicted molar refractivity (Wildman–Crippen MR) is 74.9 cm³/mol. The Morgan fingerprint density at radius 1 is 1.05 bits per heavy atom.